The van der Waals surface area contributed by atoms with Crippen molar-refractivity contribution in [3.63, 3.8) is 0 Å². The summed E-state index contributed by atoms with van der Waals surface area (Å²) in [5.41, 5.74) is 7.33. The van der Waals surface area contributed by atoms with E-state index in [2.05, 4.69) is 0 Å². The van der Waals surface area contributed by atoms with Crippen LogP contribution in [0, 0.1) is 6.92 Å². The van der Waals surface area contributed by atoms with Gasteiger partial charge in [-0.2, -0.15) is 0 Å². The zero-order valence-electron chi connectivity index (χ0n) is 7.49. The Kier molecular flexibility index (Phi) is 5.26. The van der Waals surface area contributed by atoms with Gasteiger partial charge >= 0.3 is 0 Å². The van der Waals surface area contributed by atoms with Gasteiger partial charge in [-0.15, -0.1) is 12.4 Å². The minimum Gasteiger partial charge on any atom is -0.491 e. The van der Waals surface area contributed by atoms with Crippen molar-refractivity contribution < 1.29 is 9.84 Å². The average molecular weight is 204 g/mol. The van der Waals surface area contributed by atoms with Gasteiger partial charge in [0.2, 0.25) is 0 Å². The van der Waals surface area contributed by atoms with Crippen molar-refractivity contribution in [3.8, 4) is 5.75 Å². The molecule has 3 N–H and O–H groups in total. The van der Waals surface area contributed by atoms with Crippen LogP contribution in [0.15, 0.2) is 18.2 Å². The Balaban J connectivity index is 0.00000144. The standard InChI is InChI=1S/C9H13NO2.ClH/c1-7-4-8(10)6-9(5-7)12-3-2-11;/h4-6,11H,2-3,10H2,1H3;1H. The molecule has 0 atom stereocenters. The number of ether oxygens (including phenoxy) is 1. The summed E-state index contributed by atoms with van der Waals surface area (Å²) in [6.07, 6.45) is 0. The highest BCUT2D eigenvalue weighted by Gasteiger charge is 1.95. The van der Waals surface area contributed by atoms with Gasteiger partial charge in [-0.3, -0.25) is 0 Å². The van der Waals surface area contributed by atoms with Crippen LogP contribution in [-0.2, 0) is 0 Å². The molecular weight excluding hydrogens is 190 g/mol. The van der Waals surface area contributed by atoms with Gasteiger partial charge in [0.05, 0.1) is 6.61 Å². The third kappa shape index (κ3) is 4.01. The quantitative estimate of drug-likeness (QED) is 0.730. The number of hydrogen-bond donors (Lipinski definition) is 2. The molecule has 0 bridgehead atoms. The first-order chi connectivity index (χ1) is 5.72. The molecule has 0 aliphatic heterocycles. The van der Waals surface area contributed by atoms with Crippen LogP contribution in [0.3, 0.4) is 0 Å². The van der Waals surface area contributed by atoms with Crippen molar-refractivity contribution in [3.05, 3.63) is 23.8 Å². The van der Waals surface area contributed by atoms with Crippen molar-refractivity contribution in [1.29, 1.82) is 0 Å². The fourth-order valence-electron chi connectivity index (χ4n) is 1.02. The lowest BCUT2D eigenvalue weighted by molar-refractivity contribution is 0.201. The Hall–Kier alpha value is -0.930. The van der Waals surface area contributed by atoms with E-state index in [0.29, 0.717) is 18.0 Å². The summed E-state index contributed by atoms with van der Waals surface area (Å²) >= 11 is 0. The van der Waals surface area contributed by atoms with E-state index in [-0.39, 0.29) is 19.0 Å². The van der Waals surface area contributed by atoms with E-state index in [4.69, 9.17) is 15.6 Å². The Morgan fingerprint density at radius 1 is 1.38 bits per heavy atom. The maximum absolute atomic E-state index is 8.51. The molecular formula is C9H14ClNO2. The van der Waals surface area contributed by atoms with Gasteiger partial charge in [0, 0.05) is 11.8 Å². The highest BCUT2D eigenvalue weighted by molar-refractivity contribution is 5.85. The lowest BCUT2D eigenvalue weighted by atomic mass is 10.2. The van der Waals surface area contributed by atoms with Gasteiger partial charge in [0.25, 0.3) is 0 Å². The van der Waals surface area contributed by atoms with Gasteiger partial charge in [-0.1, -0.05) is 0 Å². The van der Waals surface area contributed by atoms with E-state index >= 15 is 0 Å². The summed E-state index contributed by atoms with van der Waals surface area (Å²) in [6, 6.07) is 5.49. The lowest BCUT2D eigenvalue weighted by Gasteiger charge is -2.05. The van der Waals surface area contributed by atoms with Crippen LogP contribution in [-0.4, -0.2) is 18.3 Å². The maximum Gasteiger partial charge on any atom is 0.121 e. The molecule has 0 aromatic heterocycles. The molecule has 74 valence electrons. The largest absolute Gasteiger partial charge is 0.491 e. The molecule has 13 heavy (non-hydrogen) atoms. The fraction of sp³-hybridized carbons (Fsp3) is 0.333. The molecule has 0 radical (unpaired) electrons. The molecule has 0 saturated carbocycles. The smallest absolute Gasteiger partial charge is 0.121 e. The monoisotopic (exact) mass is 203 g/mol. The summed E-state index contributed by atoms with van der Waals surface area (Å²) < 4.78 is 5.19. The molecule has 0 heterocycles. The summed E-state index contributed by atoms with van der Waals surface area (Å²) in [7, 11) is 0. The first kappa shape index (κ1) is 12.1. The molecule has 0 aliphatic rings. The van der Waals surface area contributed by atoms with Crippen molar-refractivity contribution >= 4 is 18.1 Å². The number of rotatable bonds is 3. The zero-order valence-corrected chi connectivity index (χ0v) is 8.30. The number of nitrogens with two attached hydrogens (primary N) is 1. The molecule has 1 aromatic carbocycles. The van der Waals surface area contributed by atoms with E-state index in [9.17, 15) is 0 Å². The number of aliphatic hydroxyl groups excluding tert-OH is 1. The minimum atomic E-state index is 0. The number of anilines is 1. The molecule has 0 aliphatic carbocycles. The fourth-order valence-corrected chi connectivity index (χ4v) is 1.02. The molecule has 3 nitrogen and oxygen atoms in total. The van der Waals surface area contributed by atoms with Gasteiger partial charge in [-0.05, 0) is 24.6 Å². The second-order valence-corrected chi connectivity index (χ2v) is 2.65. The summed E-state index contributed by atoms with van der Waals surface area (Å²) in [6.45, 7) is 2.28. The van der Waals surface area contributed by atoms with Gasteiger partial charge in [-0.25, -0.2) is 0 Å². The average Bonchev–Trinajstić information content (AvgIpc) is 1.99. The third-order valence-electron chi connectivity index (χ3n) is 1.43. The van der Waals surface area contributed by atoms with E-state index in [1.165, 1.54) is 0 Å². The SMILES string of the molecule is Cc1cc(N)cc(OCCO)c1.Cl. The van der Waals surface area contributed by atoms with Crippen molar-refractivity contribution in [2.75, 3.05) is 18.9 Å². The van der Waals surface area contributed by atoms with E-state index in [1.54, 1.807) is 6.07 Å². The van der Waals surface area contributed by atoms with Crippen LogP contribution in [0.5, 0.6) is 5.75 Å². The number of aliphatic hydroxyl groups is 1. The molecule has 0 amide bonds. The Morgan fingerprint density at radius 3 is 2.62 bits per heavy atom. The Bertz CT molecular complexity index is 246. The number of aryl methyl sites for hydroxylation is 1. The summed E-state index contributed by atoms with van der Waals surface area (Å²) in [5, 5.41) is 8.51. The highest BCUT2D eigenvalue weighted by Crippen LogP contribution is 2.17. The van der Waals surface area contributed by atoms with Crippen LogP contribution >= 0.6 is 12.4 Å². The summed E-state index contributed by atoms with van der Waals surface area (Å²) in [5.74, 6) is 0.710. The molecule has 0 fully saturated rings. The molecule has 0 unspecified atom stereocenters. The topological polar surface area (TPSA) is 55.5 Å². The van der Waals surface area contributed by atoms with E-state index in [1.807, 2.05) is 19.1 Å². The third-order valence-corrected chi connectivity index (χ3v) is 1.43. The predicted molar refractivity (Wildman–Crippen MR) is 55.4 cm³/mol. The summed E-state index contributed by atoms with van der Waals surface area (Å²) in [4.78, 5) is 0. The highest BCUT2D eigenvalue weighted by atomic mass is 35.5. The molecule has 0 saturated heterocycles. The second kappa shape index (κ2) is 5.67. The van der Waals surface area contributed by atoms with Crippen molar-refractivity contribution in [1.82, 2.24) is 0 Å². The van der Waals surface area contributed by atoms with Crippen LogP contribution in [0.25, 0.3) is 0 Å². The molecule has 1 rings (SSSR count). The van der Waals surface area contributed by atoms with E-state index < -0.39 is 0 Å². The van der Waals surface area contributed by atoms with Crippen molar-refractivity contribution in [2.45, 2.75) is 6.92 Å². The zero-order chi connectivity index (χ0) is 8.97. The minimum absolute atomic E-state index is 0. The van der Waals surface area contributed by atoms with Crippen LogP contribution in [0.2, 0.25) is 0 Å². The van der Waals surface area contributed by atoms with Crippen LogP contribution in [0.4, 0.5) is 5.69 Å². The Morgan fingerprint density at radius 2 is 2.08 bits per heavy atom. The first-order valence-electron chi connectivity index (χ1n) is 3.83. The van der Waals surface area contributed by atoms with Gasteiger partial charge < -0.3 is 15.6 Å². The van der Waals surface area contributed by atoms with Gasteiger partial charge in [0.1, 0.15) is 12.4 Å². The maximum atomic E-state index is 8.51. The van der Waals surface area contributed by atoms with E-state index in [0.717, 1.165) is 5.56 Å². The van der Waals surface area contributed by atoms with Crippen LogP contribution in [0.1, 0.15) is 5.56 Å². The number of nitrogen functional groups attached to an aromatic ring is 1. The molecule has 0 spiro atoms. The number of benzene rings is 1. The lowest BCUT2D eigenvalue weighted by Crippen LogP contribution is -2.02. The number of hydrogen-bond acceptors (Lipinski definition) is 3. The molecule has 1 aromatic rings. The molecule has 4 heteroatoms. The van der Waals surface area contributed by atoms with Gasteiger partial charge in [0.15, 0.2) is 0 Å². The second-order valence-electron chi connectivity index (χ2n) is 2.65. The predicted octanol–water partition coefficient (Wildman–Crippen LogP) is 1.37. The number of halogens is 1. The first-order valence-corrected chi connectivity index (χ1v) is 3.83. The van der Waals surface area contributed by atoms with Crippen molar-refractivity contribution in [2.24, 2.45) is 0 Å². The normalized spacial score (nSPS) is 9.08. The van der Waals surface area contributed by atoms with Crippen LogP contribution < -0.4 is 10.5 Å². The Labute approximate surface area is 83.9 Å².